The quantitative estimate of drug-likeness (QED) is 0.805. The fourth-order valence-electron chi connectivity index (χ4n) is 2.29. The van der Waals surface area contributed by atoms with E-state index in [2.05, 4.69) is 15.2 Å². The van der Waals surface area contributed by atoms with Gasteiger partial charge in [0.15, 0.2) is 0 Å². The molecule has 0 saturated carbocycles. The smallest absolute Gasteiger partial charge is 0.251 e. The summed E-state index contributed by atoms with van der Waals surface area (Å²) in [4.78, 5) is 18.1. The number of hydrogen-bond donors (Lipinski definition) is 1. The molecule has 1 saturated heterocycles. The van der Waals surface area contributed by atoms with Crippen molar-refractivity contribution < 1.29 is 4.79 Å². The van der Waals surface area contributed by atoms with Crippen molar-refractivity contribution >= 4 is 5.91 Å². The summed E-state index contributed by atoms with van der Waals surface area (Å²) in [5.74, 6) is -0.00366. The molecule has 98 valence electrons. The van der Waals surface area contributed by atoms with Crippen LogP contribution in [0.15, 0.2) is 24.5 Å². The van der Waals surface area contributed by atoms with Gasteiger partial charge in [0.05, 0.1) is 0 Å². The molecule has 4 heteroatoms. The van der Waals surface area contributed by atoms with Gasteiger partial charge >= 0.3 is 0 Å². The van der Waals surface area contributed by atoms with Gasteiger partial charge in [-0.15, -0.1) is 0 Å². The molecule has 1 amide bonds. The van der Waals surface area contributed by atoms with E-state index < -0.39 is 0 Å². The molecule has 2 heterocycles. The SMILES string of the molecule is O=C(NCCCN1CCCCC1)c1ccncc1. The molecule has 1 N–H and O–H groups in total. The van der Waals surface area contributed by atoms with E-state index in [9.17, 15) is 4.79 Å². The summed E-state index contributed by atoms with van der Waals surface area (Å²) in [5.41, 5.74) is 0.683. The maximum Gasteiger partial charge on any atom is 0.251 e. The van der Waals surface area contributed by atoms with E-state index in [0.29, 0.717) is 5.56 Å². The molecule has 1 aromatic rings. The predicted octanol–water partition coefficient (Wildman–Crippen LogP) is 1.69. The topological polar surface area (TPSA) is 45.2 Å². The fourth-order valence-corrected chi connectivity index (χ4v) is 2.29. The van der Waals surface area contributed by atoms with Crippen LogP contribution in [0.2, 0.25) is 0 Å². The van der Waals surface area contributed by atoms with Crippen LogP contribution in [0.4, 0.5) is 0 Å². The van der Waals surface area contributed by atoms with Gasteiger partial charge in [0, 0.05) is 24.5 Å². The highest BCUT2D eigenvalue weighted by Crippen LogP contribution is 2.08. The molecule has 0 atom stereocenters. The second-order valence-corrected chi connectivity index (χ2v) is 4.75. The van der Waals surface area contributed by atoms with Crippen molar-refractivity contribution in [1.29, 1.82) is 0 Å². The van der Waals surface area contributed by atoms with Crippen molar-refractivity contribution in [1.82, 2.24) is 15.2 Å². The molecule has 1 aromatic heterocycles. The number of amides is 1. The lowest BCUT2D eigenvalue weighted by Gasteiger charge is -2.26. The van der Waals surface area contributed by atoms with Crippen LogP contribution in [0.25, 0.3) is 0 Å². The lowest BCUT2D eigenvalue weighted by atomic mass is 10.1. The molecule has 2 rings (SSSR count). The van der Waals surface area contributed by atoms with E-state index in [1.807, 2.05) is 0 Å². The minimum absolute atomic E-state index is 0.00366. The molecule has 0 unspecified atom stereocenters. The summed E-state index contributed by atoms with van der Waals surface area (Å²) in [6, 6.07) is 3.47. The normalized spacial score (nSPS) is 16.4. The van der Waals surface area contributed by atoms with Crippen molar-refractivity contribution in [3.63, 3.8) is 0 Å². The highest BCUT2D eigenvalue weighted by molar-refractivity contribution is 5.93. The number of rotatable bonds is 5. The van der Waals surface area contributed by atoms with Crippen LogP contribution in [0.3, 0.4) is 0 Å². The van der Waals surface area contributed by atoms with Crippen molar-refractivity contribution in [2.24, 2.45) is 0 Å². The molecule has 18 heavy (non-hydrogen) atoms. The number of hydrogen-bond acceptors (Lipinski definition) is 3. The lowest BCUT2D eigenvalue weighted by molar-refractivity contribution is 0.0951. The highest BCUT2D eigenvalue weighted by atomic mass is 16.1. The van der Waals surface area contributed by atoms with Gasteiger partial charge < -0.3 is 10.2 Å². The number of nitrogens with one attached hydrogen (secondary N) is 1. The third-order valence-electron chi connectivity index (χ3n) is 3.33. The van der Waals surface area contributed by atoms with Gasteiger partial charge in [-0.3, -0.25) is 9.78 Å². The summed E-state index contributed by atoms with van der Waals surface area (Å²) in [5, 5.41) is 2.95. The van der Waals surface area contributed by atoms with E-state index >= 15 is 0 Å². The number of aromatic nitrogens is 1. The van der Waals surface area contributed by atoms with E-state index in [1.54, 1.807) is 24.5 Å². The van der Waals surface area contributed by atoms with Gasteiger partial charge in [0.2, 0.25) is 0 Å². The molecule has 4 nitrogen and oxygen atoms in total. The maximum absolute atomic E-state index is 11.7. The summed E-state index contributed by atoms with van der Waals surface area (Å²) in [6.45, 7) is 4.28. The van der Waals surface area contributed by atoms with Crippen molar-refractivity contribution in [2.75, 3.05) is 26.2 Å². The minimum Gasteiger partial charge on any atom is -0.352 e. The number of nitrogens with zero attached hydrogens (tertiary/aromatic N) is 2. The third-order valence-corrected chi connectivity index (χ3v) is 3.33. The van der Waals surface area contributed by atoms with Gasteiger partial charge in [-0.05, 0) is 51.0 Å². The Hall–Kier alpha value is -1.42. The molecule has 0 bridgehead atoms. The average molecular weight is 247 g/mol. The predicted molar refractivity (Wildman–Crippen MR) is 71.5 cm³/mol. The molecular formula is C14H21N3O. The average Bonchev–Trinajstić information content (AvgIpc) is 2.45. The largest absolute Gasteiger partial charge is 0.352 e. The molecule has 0 aliphatic carbocycles. The number of carbonyl (C=O) groups is 1. The van der Waals surface area contributed by atoms with Crippen molar-refractivity contribution in [3.05, 3.63) is 30.1 Å². The molecule has 0 aromatic carbocycles. The van der Waals surface area contributed by atoms with Crippen molar-refractivity contribution in [3.8, 4) is 0 Å². The van der Waals surface area contributed by atoms with Gasteiger partial charge in [-0.2, -0.15) is 0 Å². The Morgan fingerprint density at radius 3 is 2.67 bits per heavy atom. The van der Waals surface area contributed by atoms with Crippen molar-refractivity contribution in [2.45, 2.75) is 25.7 Å². The highest BCUT2D eigenvalue weighted by Gasteiger charge is 2.09. The van der Waals surface area contributed by atoms with Crippen LogP contribution in [-0.4, -0.2) is 42.0 Å². The number of carbonyl (C=O) groups excluding carboxylic acids is 1. The first-order valence-corrected chi connectivity index (χ1v) is 6.77. The second kappa shape index (κ2) is 7.11. The van der Waals surface area contributed by atoms with Crippen LogP contribution in [0.5, 0.6) is 0 Å². The lowest BCUT2D eigenvalue weighted by Crippen LogP contribution is -2.33. The third kappa shape index (κ3) is 4.11. The standard InChI is InChI=1S/C14H21N3O/c18-14(13-5-8-15-9-6-13)16-7-4-12-17-10-2-1-3-11-17/h5-6,8-9H,1-4,7,10-12H2,(H,16,18). The second-order valence-electron chi connectivity index (χ2n) is 4.75. The molecule has 0 radical (unpaired) electrons. The summed E-state index contributed by atoms with van der Waals surface area (Å²) >= 11 is 0. The first kappa shape index (κ1) is 13.0. The van der Waals surface area contributed by atoms with Crippen LogP contribution >= 0.6 is 0 Å². The van der Waals surface area contributed by atoms with Gasteiger partial charge in [-0.25, -0.2) is 0 Å². The van der Waals surface area contributed by atoms with E-state index in [-0.39, 0.29) is 5.91 Å². The summed E-state index contributed by atoms with van der Waals surface area (Å²) < 4.78 is 0. The van der Waals surface area contributed by atoms with Crippen LogP contribution in [0.1, 0.15) is 36.0 Å². The monoisotopic (exact) mass is 247 g/mol. The number of pyridine rings is 1. The van der Waals surface area contributed by atoms with E-state index in [1.165, 1.54) is 32.4 Å². The number of likely N-dealkylation sites (tertiary alicyclic amines) is 1. The van der Waals surface area contributed by atoms with E-state index in [4.69, 9.17) is 0 Å². The minimum atomic E-state index is -0.00366. The Morgan fingerprint density at radius 1 is 1.22 bits per heavy atom. The molecule has 1 fully saturated rings. The Kier molecular flexibility index (Phi) is 5.15. The van der Waals surface area contributed by atoms with Gasteiger partial charge in [0.25, 0.3) is 5.91 Å². The van der Waals surface area contributed by atoms with Gasteiger partial charge in [-0.1, -0.05) is 6.42 Å². The zero-order chi connectivity index (χ0) is 12.6. The Balaban J connectivity index is 1.62. The molecule has 0 spiro atoms. The Morgan fingerprint density at radius 2 is 1.94 bits per heavy atom. The first-order valence-electron chi connectivity index (χ1n) is 6.77. The zero-order valence-electron chi connectivity index (χ0n) is 10.8. The van der Waals surface area contributed by atoms with E-state index in [0.717, 1.165) is 19.5 Å². The molecular weight excluding hydrogens is 226 g/mol. The van der Waals surface area contributed by atoms with Crippen LogP contribution in [0, 0.1) is 0 Å². The molecule has 1 aliphatic rings. The zero-order valence-corrected chi connectivity index (χ0v) is 10.8. The van der Waals surface area contributed by atoms with Crippen LogP contribution < -0.4 is 5.32 Å². The van der Waals surface area contributed by atoms with Crippen LogP contribution in [-0.2, 0) is 0 Å². The van der Waals surface area contributed by atoms with Gasteiger partial charge in [0.1, 0.15) is 0 Å². The first-order chi connectivity index (χ1) is 8.86. The summed E-state index contributed by atoms with van der Waals surface area (Å²) in [6.07, 6.45) is 8.32. The maximum atomic E-state index is 11.7. The Bertz CT molecular complexity index is 361. The molecule has 1 aliphatic heterocycles. The Labute approximate surface area is 108 Å². The fraction of sp³-hybridized carbons (Fsp3) is 0.571. The number of piperidine rings is 1. The summed E-state index contributed by atoms with van der Waals surface area (Å²) in [7, 11) is 0.